The molecule has 2 heterocycles. The molecule has 8 nitrogen and oxygen atoms in total. The van der Waals surface area contributed by atoms with Gasteiger partial charge >= 0.3 is 0 Å². The van der Waals surface area contributed by atoms with Crippen LogP contribution >= 0.6 is 0 Å². The highest BCUT2D eigenvalue weighted by Crippen LogP contribution is 2.29. The monoisotopic (exact) mass is 386 g/mol. The smallest absolute Gasteiger partial charge is 0.274 e. The van der Waals surface area contributed by atoms with Gasteiger partial charge in [0.2, 0.25) is 0 Å². The van der Waals surface area contributed by atoms with Crippen LogP contribution in [0.2, 0.25) is 0 Å². The number of amides is 1. The molecule has 0 aliphatic carbocycles. The van der Waals surface area contributed by atoms with Crippen molar-refractivity contribution in [3.8, 4) is 11.5 Å². The summed E-state index contributed by atoms with van der Waals surface area (Å²) in [7, 11) is 3.12. The van der Waals surface area contributed by atoms with Crippen LogP contribution in [0.3, 0.4) is 0 Å². The van der Waals surface area contributed by atoms with Crippen LogP contribution in [0.5, 0.6) is 11.5 Å². The van der Waals surface area contributed by atoms with Gasteiger partial charge in [0, 0.05) is 44.1 Å². The van der Waals surface area contributed by atoms with Crippen LogP contribution in [0.25, 0.3) is 0 Å². The Morgan fingerprint density at radius 2 is 2.00 bits per heavy atom. The second-order valence-corrected chi connectivity index (χ2v) is 6.33. The third-order valence-electron chi connectivity index (χ3n) is 4.51. The average Bonchev–Trinajstić information content (AvgIpc) is 2.75. The molecule has 1 aromatic heterocycles. The van der Waals surface area contributed by atoms with Crippen LogP contribution in [0, 0.1) is 0 Å². The van der Waals surface area contributed by atoms with Crippen LogP contribution in [0.1, 0.15) is 10.5 Å². The molecule has 1 aliphatic heterocycles. The topological polar surface area (TPSA) is 85.0 Å². The lowest BCUT2D eigenvalue weighted by Gasteiger charge is -2.26. The lowest BCUT2D eigenvalue weighted by Crippen LogP contribution is -2.39. The quantitative estimate of drug-likeness (QED) is 0.719. The molecule has 0 atom stereocenters. The molecular weight excluding hydrogens is 360 g/mol. The van der Waals surface area contributed by atoms with Crippen LogP contribution < -0.4 is 20.1 Å². The molecule has 3 rings (SSSR count). The maximum atomic E-state index is 12.6. The summed E-state index contributed by atoms with van der Waals surface area (Å²) in [6.45, 7) is 5.20. The van der Waals surface area contributed by atoms with Crippen molar-refractivity contribution in [3.05, 3.63) is 42.2 Å². The maximum Gasteiger partial charge on any atom is 0.274 e. The Hall–Kier alpha value is -2.84. The Bertz CT molecular complexity index is 794. The largest absolute Gasteiger partial charge is 0.497 e. The van der Waals surface area contributed by atoms with Gasteiger partial charge in [-0.25, -0.2) is 0 Å². The first kappa shape index (κ1) is 19.9. The van der Waals surface area contributed by atoms with Crippen LogP contribution in [-0.2, 0) is 4.74 Å². The summed E-state index contributed by atoms with van der Waals surface area (Å²) < 4.78 is 15.8. The Morgan fingerprint density at radius 3 is 2.75 bits per heavy atom. The molecule has 0 bridgehead atoms. The van der Waals surface area contributed by atoms with E-state index in [-0.39, 0.29) is 5.91 Å². The van der Waals surface area contributed by atoms with E-state index in [0.717, 1.165) is 45.1 Å². The molecule has 0 radical (unpaired) electrons. The van der Waals surface area contributed by atoms with Crippen molar-refractivity contribution in [3.63, 3.8) is 0 Å². The third kappa shape index (κ3) is 5.34. The number of benzene rings is 1. The maximum absolute atomic E-state index is 12.6. The first-order chi connectivity index (χ1) is 13.7. The number of carbonyl (C=O) groups is 1. The van der Waals surface area contributed by atoms with Crippen LogP contribution in [-0.4, -0.2) is 69.4 Å². The average molecular weight is 386 g/mol. The summed E-state index contributed by atoms with van der Waals surface area (Å²) in [4.78, 5) is 19.1. The van der Waals surface area contributed by atoms with E-state index in [2.05, 4.69) is 20.5 Å². The van der Waals surface area contributed by atoms with E-state index in [0.29, 0.717) is 22.9 Å². The summed E-state index contributed by atoms with van der Waals surface area (Å²) in [5.74, 6) is 0.868. The fourth-order valence-corrected chi connectivity index (χ4v) is 2.94. The molecule has 8 heteroatoms. The first-order valence-corrected chi connectivity index (χ1v) is 9.23. The molecule has 0 spiro atoms. The lowest BCUT2D eigenvalue weighted by atomic mass is 10.2. The zero-order chi connectivity index (χ0) is 19.8. The molecule has 1 aromatic carbocycles. The van der Waals surface area contributed by atoms with Gasteiger partial charge in [0.15, 0.2) is 0 Å². The molecular formula is C20H26N4O4. The molecule has 0 unspecified atom stereocenters. The number of rotatable bonds is 8. The van der Waals surface area contributed by atoms with Crippen molar-refractivity contribution in [2.45, 2.75) is 0 Å². The zero-order valence-corrected chi connectivity index (χ0v) is 16.2. The Balaban J connectivity index is 1.59. The highest BCUT2D eigenvalue weighted by molar-refractivity contribution is 6.04. The standard InChI is InChI=1S/C20H26N4O4/c1-26-16-3-4-17(19(14-16)27-2)23-20(25)18-13-15(5-6-22-18)21-7-8-24-9-11-28-12-10-24/h3-6,13-14H,7-12H2,1-2H3,(H,21,22)(H,23,25). The van der Waals surface area contributed by atoms with Gasteiger partial charge in [0.25, 0.3) is 5.91 Å². The lowest BCUT2D eigenvalue weighted by molar-refractivity contribution is 0.0398. The van der Waals surface area contributed by atoms with Crippen molar-refractivity contribution in [2.24, 2.45) is 0 Å². The minimum atomic E-state index is -0.305. The highest BCUT2D eigenvalue weighted by Gasteiger charge is 2.13. The number of nitrogens with one attached hydrogen (secondary N) is 2. The number of pyridine rings is 1. The van der Waals surface area contributed by atoms with Gasteiger partial charge in [0.1, 0.15) is 17.2 Å². The van der Waals surface area contributed by atoms with Gasteiger partial charge in [-0.3, -0.25) is 14.7 Å². The Kier molecular flexibility index (Phi) is 7.05. The highest BCUT2D eigenvalue weighted by atomic mass is 16.5. The van der Waals surface area contributed by atoms with Crippen LogP contribution in [0.4, 0.5) is 11.4 Å². The number of hydrogen-bond donors (Lipinski definition) is 2. The van der Waals surface area contributed by atoms with Crippen molar-refractivity contribution < 1.29 is 19.0 Å². The number of morpholine rings is 1. The van der Waals surface area contributed by atoms with Gasteiger partial charge in [-0.2, -0.15) is 0 Å². The van der Waals surface area contributed by atoms with E-state index < -0.39 is 0 Å². The molecule has 28 heavy (non-hydrogen) atoms. The van der Waals surface area contributed by atoms with E-state index in [1.165, 1.54) is 0 Å². The summed E-state index contributed by atoms with van der Waals surface area (Å²) in [5, 5.41) is 6.18. The molecule has 0 saturated carbocycles. The molecule has 2 N–H and O–H groups in total. The van der Waals surface area contributed by atoms with Gasteiger partial charge in [0.05, 0.1) is 33.1 Å². The predicted molar refractivity (Wildman–Crippen MR) is 107 cm³/mol. The summed E-state index contributed by atoms with van der Waals surface area (Å²) in [6, 6.07) is 8.80. The zero-order valence-electron chi connectivity index (χ0n) is 16.2. The van der Waals surface area contributed by atoms with Gasteiger partial charge in [-0.05, 0) is 24.3 Å². The van der Waals surface area contributed by atoms with E-state index in [4.69, 9.17) is 14.2 Å². The Morgan fingerprint density at radius 1 is 1.18 bits per heavy atom. The second kappa shape index (κ2) is 9.91. The number of anilines is 2. The molecule has 1 fully saturated rings. The molecule has 2 aromatic rings. The molecule has 150 valence electrons. The first-order valence-electron chi connectivity index (χ1n) is 9.23. The fourth-order valence-electron chi connectivity index (χ4n) is 2.94. The normalized spacial score (nSPS) is 14.4. The molecule has 1 amide bonds. The van der Waals surface area contributed by atoms with Crippen molar-refractivity contribution in [1.29, 1.82) is 0 Å². The van der Waals surface area contributed by atoms with Crippen molar-refractivity contribution >= 4 is 17.3 Å². The van der Waals surface area contributed by atoms with Gasteiger partial charge < -0.3 is 24.8 Å². The van der Waals surface area contributed by atoms with Crippen molar-refractivity contribution in [1.82, 2.24) is 9.88 Å². The van der Waals surface area contributed by atoms with Crippen molar-refractivity contribution in [2.75, 3.05) is 64.2 Å². The summed E-state index contributed by atoms with van der Waals surface area (Å²) in [5.41, 5.74) is 1.74. The summed E-state index contributed by atoms with van der Waals surface area (Å²) >= 11 is 0. The number of methoxy groups -OCH3 is 2. The molecule has 1 aliphatic rings. The fraction of sp³-hybridized carbons (Fsp3) is 0.400. The van der Waals surface area contributed by atoms with E-state index in [1.807, 2.05) is 6.07 Å². The van der Waals surface area contributed by atoms with Gasteiger partial charge in [-0.15, -0.1) is 0 Å². The van der Waals surface area contributed by atoms with E-state index in [1.54, 1.807) is 44.7 Å². The SMILES string of the molecule is COc1ccc(NC(=O)c2cc(NCCN3CCOCC3)ccn2)c(OC)c1. The summed E-state index contributed by atoms with van der Waals surface area (Å²) in [6.07, 6.45) is 1.62. The number of ether oxygens (including phenoxy) is 3. The van der Waals surface area contributed by atoms with Gasteiger partial charge in [-0.1, -0.05) is 0 Å². The predicted octanol–water partition coefficient (Wildman–Crippen LogP) is 2.10. The number of hydrogen-bond acceptors (Lipinski definition) is 7. The number of carbonyl (C=O) groups excluding carboxylic acids is 1. The third-order valence-corrected chi connectivity index (χ3v) is 4.51. The van der Waals surface area contributed by atoms with Crippen LogP contribution in [0.15, 0.2) is 36.5 Å². The van der Waals surface area contributed by atoms with E-state index in [9.17, 15) is 4.79 Å². The second-order valence-electron chi connectivity index (χ2n) is 6.33. The molecule has 1 saturated heterocycles. The number of nitrogens with zero attached hydrogens (tertiary/aromatic N) is 2. The Labute approximate surface area is 164 Å². The number of aromatic nitrogens is 1. The van der Waals surface area contributed by atoms with E-state index >= 15 is 0 Å². The minimum Gasteiger partial charge on any atom is -0.497 e. The minimum absolute atomic E-state index is 0.305.